The quantitative estimate of drug-likeness (QED) is 0.391. The lowest BCUT2D eigenvalue weighted by Crippen LogP contribution is -2.43. The Morgan fingerprint density at radius 3 is 2.73 bits per heavy atom. The number of carbonyl (C=O) groups is 1. The van der Waals surface area contributed by atoms with E-state index in [1.165, 1.54) is 10.6 Å². The van der Waals surface area contributed by atoms with Crippen LogP contribution in [0.2, 0.25) is 0 Å². The van der Waals surface area contributed by atoms with E-state index >= 15 is 0 Å². The average molecular weight is 497 g/mol. The molecule has 1 amide bonds. The summed E-state index contributed by atoms with van der Waals surface area (Å²) in [6.07, 6.45) is 2.70. The van der Waals surface area contributed by atoms with Crippen LogP contribution in [-0.4, -0.2) is 52.8 Å². The molecule has 1 fully saturated rings. The summed E-state index contributed by atoms with van der Waals surface area (Å²) >= 11 is 0. The molecule has 0 bridgehead atoms. The van der Waals surface area contributed by atoms with E-state index in [1.807, 2.05) is 30.0 Å². The fraction of sp³-hybridized carbons (Fsp3) is 0.214. The van der Waals surface area contributed by atoms with Gasteiger partial charge in [-0.25, -0.2) is 9.97 Å². The molecule has 9 heteroatoms. The Morgan fingerprint density at radius 1 is 1.19 bits per heavy atom. The number of fused-ring (bicyclic) bond motifs is 2. The number of benzene rings is 2. The molecule has 0 unspecified atom stereocenters. The van der Waals surface area contributed by atoms with E-state index in [9.17, 15) is 9.59 Å². The number of amides is 1. The number of pyridine rings is 1. The largest absolute Gasteiger partial charge is 0.486 e. The van der Waals surface area contributed by atoms with Crippen molar-refractivity contribution >= 4 is 34.0 Å². The third-order valence-corrected chi connectivity index (χ3v) is 6.66. The number of para-hydroxylation sites is 1. The van der Waals surface area contributed by atoms with Crippen molar-refractivity contribution in [2.75, 3.05) is 36.1 Å². The third-order valence-electron chi connectivity index (χ3n) is 6.66. The highest BCUT2D eigenvalue weighted by molar-refractivity contribution is 6.05. The number of aromatic nitrogens is 3. The predicted molar refractivity (Wildman–Crippen MR) is 141 cm³/mol. The number of hydrogen-bond donors (Lipinski definition) is 0. The Kier molecular flexibility index (Phi) is 5.40. The minimum absolute atomic E-state index is 0.0292. The van der Waals surface area contributed by atoms with Crippen molar-refractivity contribution < 1.29 is 15.6 Å². The van der Waals surface area contributed by atoms with E-state index in [-0.39, 0.29) is 23.9 Å². The summed E-state index contributed by atoms with van der Waals surface area (Å²) in [6, 6.07) is 14.7. The summed E-state index contributed by atoms with van der Waals surface area (Å²) in [7, 11) is 0. The van der Waals surface area contributed by atoms with Gasteiger partial charge in [0.25, 0.3) is 11.5 Å². The first kappa shape index (κ1) is 21.8. The van der Waals surface area contributed by atoms with E-state index in [0.717, 1.165) is 16.9 Å². The number of anilines is 3. The molecule has 2 aliphatic rings. The zero-order valence-electron chi connectivity index (χ0n) is 21.3. The number of hydrogen-bond acceptors (Lipinski definition) is 7. The van der Waals surface area contributed by atoms with E-state index in [1.54, 1.807) is 41.4 Å². The van der Waals surface area contributed by atoms with Crippen molar-refractivity contribution in [3.05, 3.63) is 89.6 Å². The minimum atomic E-state index is -0.299. The minimum Gasteiger partial charge on any atom is -0.486 e. The first-order valence-corrected chi connectivity index (χ1v) is 12.0. The molecule has 0 saturated carbocycles. The summed E-state index contributed by atoms with van der Waals surface area (Å²) in [5.74, 6) is 0.488. The van der Waals surface area contributed by atoms with Crippen LogP contribution >= 0.6 is 0 Å². The number of aryl methyl sites for hydroxylation is 1. The molecule has 0 N–H and O–H groups in total. The maximum absolute atomic E-state index is 14.1. The smallest absolute Gasteiger partial charge is 0.280 e. The van der Waals surface area contributed by atoms with E-state index in [2.05, 4.69) is 16.5 Å². The zero-order valence-corrected chi connectivity index (χ0v) is 20.3. The van der Waals surface area contributed by atoms with Crippen molar-refractivity contribution in [3.8, 4) is 11.4 Å². The second-order valence-corrected chi connectivity index (χ2v) is 8.98. The second-order valence-electron chi connectivity index (χ2n) is 8.98. The Balaban J connectivity index is 1.51. The van der Waals surface area contributed by atoms with E-state index < -0.39 is 0 Å². The Labute approximate surface area is 214 Å². The van der Waals surface area contributed by atoms with Gasteiger partial charge in [0.2, 0.25) is 0 Å². The first-order valence-electron chi connectivity index (χ1n) is 12.5. The fourth-order valence-electron chi connectivity index (χ4n) is 4.80. The molecular weight excluding hydrogens is 470 g/mol. The Morgan fingerprint density at radius 2 is 2.00 bits per heavy atom. The van der Waals surface area contributed by atoms with Crippen LogP contribution in [0.5, 0.6) is 5.75 Å². The molecule has 4 aromatic rings. The molecular formula is C28H25N5O4. The van der Waals surface area contributed by atoms with Crippen LogP contribution in [0.3, 0.4) is 0 Å². The molecule has 2 aromatic heterocycles. The van der Waals surface area contributed by atoms with Crippen LogP contribution in [0, 0.1) is 6.92 Å². The molecule has 0 atom stereocenters. The molecule has 1 saturated heterocycles. The number of ether oxygens (including phenoxy) is 2. The van der Waals surface area contributed by atoms with Gasteiger partial charge in [0.1, 0.15) is 25.2 Å². The Bertz CT molecular complexity index is 1630. The summed E-state index contributed by atoms with van der Waals surface area (Å²) in [5, 5.41) is 0.612. The van der Waals surface area contributed by atoms with Crippen LogP contribution in [0.4, 0.5) is 17.1 Å². The summed E-state index contributed by atoms with van der Waals surface area (Å²) < 4.78 is 20.5. The van der Waals surface area contributed by atoms with E-state index in [4.69, 9.17) is 10.8 Å². The average Bonchev–Trinajstić information content (AvgIpc) is 2.90. The van der Waals surface area contributed by atoms with Gasteiger partial charge in [-0.1, -0.05) is 18.7 Å². The Hall–Kier alpha value is -4.50. The highest BCUT2D eigenvalue weighted by Crippen LogP contribution is 2.39. The van der Waals surface area contributed by atoms with Crippen molar-refractivity contribution in [2.24, 2.45) is 0 Å². The molecule has 6 rings (SSSR count). The van der Waals surface area contributed by atoms with Gasteiger partial charge >= 0.3 is 0 Å². The van der Waals surface area contributed by atoms with Gasteiger partial charge < -0.3 is 19.3 Å². The van der Waals surface area contributed by atoms with Gasteiger partial charge in [-0.05, 0) is 55.0 Å². The van der Waals surface area contributed by atoms with Crippen molar-refractivity contribution in [1.82, 2.24) is 14.5 Å². The third kappa shape index (κ3) is 3.93. The van der Waals surface area contributed by atoms with Crippen LogP contribution in [0.1, 0.15) is 6.93 Å². The summed E-state index contributed by atoms with van der Waals surface area (Å²) in [4.78, 5) is 38.7. The molecule has 37 heavy (non-hydrogen) atoms. The van der Waals surface area contributed by atoms with Crippen LogP contribution in [0.25, 0.3) is 16.7 Å². The zero-order chi connectivity index (χ0) is 26.4. The molecule has 9 nitrogen and oxygen atoms in total. The van der Waals surface area contributed by atoms with Gasteiger partial charge in [-0.15, -0.1) is 0 Å². The van der Waals surface area contributed by atoms with Gasteiger partial charge in [0.15, 0.2) is 5.65 Å². The molecule has 2 aromatic carbocycles. The maximum atomic E-state index is 14.1. The van der Waals surface area contributed by atoms with Crippen LogP contribution in [-0.2, 0) is 9.53 Å². The molecule has 186 valence electrons. The summed E-state index contributed by atoms with van der Waals surface area (Å²) in [6.45, 7) is 7.50. The van der Waals surface area contributed by atoms with E-state index in [0.29, 0.717) is 54.5 Å². The lowest BCUT2D eigenvalue weighted by Gasteiger charge is -2.38. The van der Waals surface area contributed by atoms with Gasteiger partial charge in [0, 0.05) is 24.7 Å². The lowest BCUT2D eigenvalue weighted by molar-refractivity contribution is -0.114. The van der Waals surface area contributed by atoms with Gasteiger partial charge in [-0.3, -0.25) is 14.2 Å². The molecule has 2 aliphatic heterocycles. The maximum Gasteiger partial charge on any atom is 0.280 e. The van der Waals surface area contributed by atoms with Crippen LogP contribution in [0.15, 0.2) is 78.5 Å². The van der Waals surface area contributed by atoms with Crippen LogP contribution < -0.4 is 20.1 Å². The van der Waals surface area contributed by atoms with Gasteiger partial charge in [0.05, 0.1) is 30.3 Å². The number of rotatable bonds is 5. The second kappa shape index (κ2) is 9.18. The molecule has 0 spiro atoms. The monoisotopic (exact) mass is 496 g/mol. The number of carbonyl (C=O) groups excluding carboxylic acids is 1. The van der Waals surface area contributed by atoms with Crippen molar-refractivity contribution in [3.63, 3.8) is 0 Å². The molecule has 0 radical (unpaired) electrons. The number of nitrogens with zero attached hydrogens (tertiary/aromatic N) is 5. The SMILES string of the molecule is [2H]c1ncc2cc(N3CCN(C(=O)C=C)c4c(C)cccc43)c(=O)n(-c3ccc(OC4COC4)cc3)c2n1. The van der Waals surface area contributed by atoms with Crippen molar-refractivity contribution in [1.29, 1.82) is 0 Å². The fourth-order valence-corrected chi connectivity index (χ4v) is 4.80. The van der Waals surface area contributed by atoms with Crippen molar-refractivity contribution in [2.45, 2.75) is 13.0 Å². The lowest BCUT2D eigenvalue weighted by atomic mass is 10.1. The first-order chi connectivity index (χ1) is 18.4. The summed E-state index contributed by atoms with van der Waals surface area (Å²) in [5.41, 5.74) is 3.45. The standard InChI is InChI=1S/C28H25N5O4/c1-3-25(34)32-12-11-31(23-6-4-5-18(2)26(23)32)24-13-19-14-29-17-30-27(19)33(28(24)35)20-7-9-21(10-8-20)37-22-15-36-16-22/h3-10,13-14,17,22H,1,11-12,15-16H2,2H3/i17D. The topological polar surface area (TPSA) is 89.8 Å². The molecule has 0 aliphatic carbocycles. The van der Waals surface area contributed by atoms with Gasteiger partial charge in [-0.2, -0.15) is 0 Å². The highest BCUT2D eigenvalue weighted by Gasteiger charge is 2.30. The molecule has 4 heterocycles. The normalized spacial score (nSPS) is 15.6. The highest BCUT2D eigenvalue weighted by atomic mass is 16.6. The predicted octanol–water partition coefficient (Wildman–Crippen LogP) is 3.54.